The molecule has 0 spiro atoms. The molecule has 0 radical (unpaired) electrons. The molecule has 14 heavy (non-hydrogen) atoms. The molecule has 1 saturated heterocycles. The van der Waals surface area contributed by atoms with E-state index in [0.717, 1.165) is 12.8 Å². The molecule has 82 valence electrons. The highest BCUT2D eigenvalue weighted by Crippen LogP contribution is 2.21. The molecule has 1 aliphatic rings. The molecule has 1 fully saturated rings. The van der Waals surface area contributed by atoms with Gasteiger partial charge in [0.05, 0.1) is 18.7 Å². The predicted octanol–water partition coefficient (Wildman–Crippen LogP) is 1.55. The minimum Gasteiger partial charge on any atom is -0.386 e. The van der Waals surface area contributed by atoms with Crippen molar-refractivity contribution in [2.75, 3.05) is 13.1 Å². The van der Waals surface area contributed by atoms with E-state index in [2.05, 4.69) is 6.92 Å². The van der Waals surface area contributed by atoms with Gasteiger partial charge >= 0.3 is 0 Å². The standard InChI is InChI=1S/C11H21NO2/c1-3-4-5-6-7-10(13)12-8-11(2,14)9-12/h14H,3-9H2,1-2H3. The molecule has 1 amide bonds. The van der Waals surface area contributed by atoms with Crippen LogP contribution < -0.4 is 0 Å². The summed E-state index contributed by atoms with van der Waals surface area (Å²) in [5.41, 5.74) is -0.626. The first-order valence-electron chi connectivity index (χ1n) is 5.55. The van der Waals surface area contributed by atoms with Gasteiger partial charge in [-0.3, -0.25) is 4.79 Å². The van der Waals surface area contributed by atoms with Crippen molar-refractivity contribution >= 4 is 5.91 Å². The summed E-state index contributed by atoms with van der Waals surface area (Å²) in [6, 6.07) is 0. The van der Waals surface area contributed by atoms with Gasteiger partial charge in [0, 0.05) is 6.42 Å². The van der Waals surface area contributed by atoms with E-state index >= 15 is 0 Å². The highest BCUT2D eigenvalue weighted by atomic mass is 16.3. The number of carbonyl (C=O) groups is 1. The fourth-order valence-corrected chi connectivity index (χ4v) is 1.81. The lowest BCUT2D eigenvalue weighted by Crippen LogP contribution is -2.61. The Kier molecular flexibility index (Phi) is 3.93. The van der Waals surface area contributed by atoms with Crippen LogP contribution in [0.5, 0.6) is 0 Å². The molecule has 1 heterocycles. The van der Waals surface area contributed by atoms with Gasteiger partial charge in [0.2, 0.25) is 5.91 Å². The second kappa shape index (κ2) is 4.78. The quantitative estimate of drug-likeness (QED) is 0.682. The molecule has 1 rings (SSSR count). The van der Waals surface area contributed by atoms with Crippen LogP contribution in [0.4, 0.5) is 0 Å². The van der Waals surface area contributed by atoms with E-state index in [4.69, 9.17) is 0 Å². The number of hydrogen-bond acceptors (Lipinski definition) is 2. The highest BCUT2D eigenvalue weighted by molar-refractivity contribution is 5.77. The Morgan fingerprint density at radius 1 is 1.36 bits per heavy atom. The van der Waals surface area contributed by atoms with Crippen LogP contribution in [-0.2, 0) is 4.79 Å². The average Bonchev–Trinajstić information content (AvgIpc) is 2.08. The van der Waals surface area contributed by atoms with Crippen LogP contribution in [0, 0.1) is 0 Å². The Morgan fingerprint density at radius 2 is 2.00 bits per heavy atom. The van der Waals surface area contributed by atoms with E-state index in [0.29, 0.717) is 19.5 Å². The molecule has 0 unspecified atom stereocenters. The largest absolute Gasteiger partial charge is 0.386 e. The first-order valence-corrected chi connectivity index (χ1v) is 5.55. The first-order chi connectivity index (χ1) is 6.55. The highest BCUT2D eigenvalue weighted by Gasteiger charge is 2.38. The number of rotatable bonds is 5. The third kappa shape index (κ3) is 3.29. The summed E-state index contributed by atoms with van der Waals surface area (Å²) in [5, 5.41) is 9.45. The van der Waals surface area contributed by atoms with Crippen molar-refractivity contribution in [2.45, 2.75) is 51.6 Å². The monoisotopic (exact) mass is 199 g/mol. The van der Waals surface area contributed by atoms with Crippen LogP contribution in [0.1, 0.15) is 46.0 Å². The summed E-state index contributed by atoms with van der Waals surface area (Å²) in [7, 11) is 0. The minimum absolute atomic E-state index is 0.202. The zero-order valence-corrected chi connectivity index (χ0v) is 9.25. The van der Waals surface area contributed by atoms with E-state index in [9.17, 15) is 9.90 Å². The maximum absolute atomic E-state index is 11.5. The topological polar surface area (TPSA) is 40.5 Å². The van der Waals surface area contributed by atoms with Gasteiger partial charge in [0.15, 0.2) is 0 Å². The summed E-state index contributed by atoms with van der Waals surface area (Å²) in [4.78, 5) is 13.2. The van der Waals surface area contributed by atoms with E-state index < -0.39 is 5.60 Å². The summed E-state index contributed by atoms with van der Waals surface area (Å²) < 4.78 is 0. The lowest BCUT2D eigenvalue weighted by molar-refractivity contribution is -0.152. The lowest BCUT2D eigenvalue weighted by Gasteiger charge is -2.44. The van der Waals surface area contributed by atoms with Crippen molar-refractivity contribution in [1.82, 2.24) is 4.90 Å². The number of likely N-dealkylation sites (tertiary alicyclic amines) is 1. The number of aliphatic hydroxyl groups is 1. The van der Waals surface area contributed by atoms with E-state index in [1.165, 1.54) is 12.8 Å². The zero-order valence-electron chi connectivity index (χ0n) is 9.25. The fourth-order valence-electron chi connectivity index (χ4n) is 1.81. The Balaban J connectivity index is 2.06. The summed E-state index contributed by atoms with van der Waals surface area (Å²) >= 11 is 0. The van der Waals surface area contributed by atoms with Crippen LogP contribution in [0.25, 0.3) is 0 Å². The Hall–Kier alpha value is -0.570. The Morgan fingerprint density at radius 3 is 2.50 bits per heavy atom. The van der Waals surface area contributed by atoms with Crippen LogP contribution in [0.3, 0.4) is 0 Å². The molecule has 0 bridgehead atoms. The van der Waals surface area contributed by atoms with Gasteiger partial charge in [0.1, 0.15) is 0 Å². The van der Waals surface area contributed by atoms with E-state index in [1.807, 2.05) is 0 Å². The summed E-state index contributed by atoms with van der Waals surface area (Å²) in [6.07, 6.45) is 5.20. The molecule has 1 aliphatic heterocycles. The second-order valence-electron chi connectivity index (χ2n) is 4.56. The third-order valence-corrected chi connectivity index (χ3v) is 2.66. The van der Waals surface area contributed by atoms with Crippen molar-refractivity contribution in [2.24, 2.45) is 0 Å². The van der Waals surface area contributed by atoms with Crippen LogP contribution in [0.15, 0.2) is 0 Å². The van der Waals surface area contributed by atoms with Gasteiger partial charge in [-0.2, -0.15) is 0 Å². The minimum atomic E-state index is -0.626. The molecule has 3 nitrogen and oxygen atoms in total. The van der Waals surface area contributed by atoms with E-state index in [-0.39, 0.29) is 5.91 Å². The SMILES string of the molecule is CCCCCCC(=O)N1CC(C)(O)C1. The molecular weight excluding hydrogens is 178 g/mol. The predicted molar refractivity (Wildman–Crippen MR) is 56.0 cm³/mol. The van der Waals surface area contributed by atoms with Crippen molar-refractivity contribution in [3.63, 3.8) is 0 Å². The smallest absolute Gasteiger partial charge is 0.222 e. The summed E-state index contributed by atoms with van der Waals surface area (Å²) in [5.74, 6) is 0.202. The maximum Gasteiger partial charge on any atom is 0.222 e. The molecule has 1 N–H and O–H groups in total. The number of β-amino-alcohol motifs (C(OH)–C–C–N with tert-alkyl or cyclic N) is 1. The fraction of sp³-hybridized carbons (Fsp3) is 0.909. The van der Waals surface area contributed by atoms with Gasteiger partial charge in [0.25, 0.3) is 0 Å². The number of hydrogen-bond donors (Lipinski definition) is 1. The van der Waals surface area contributed by atoms with Crippen LogP contribution in [0.2, 0.25) is 0 Å². The molecule has 0 aliphatic carbocycles. The Labute approximate surface area is 86.1 Å². The number of carbonyl (C=O) groups excluding carboxylic acids is 1. The maximum atomic E-state index is 11.5. The molecular formula is C11H21NO2. The van der Waals surface area contributed by atoms with Gasteiger partial charge in [-0.05, 0) is 13.3 Å². The van der Waals surface area contributed by atoms with Gasteiger partial charge in [-0.25, -0.2) is 0 Å². The average molecular weight is 199 g/mol. The van der Waals surface area contributed by atoms with Crippen molar-refractivity contribution in [3.05, 3.63) is 0 Å². The second-order valence-corrected chi connectivity index (χ2v) is 4.56. The van der Waals surface area contributed by atoms with Crippen molar-refractivity contribution in [1.29, 1.82) is 0 Å². The lowest BCUT2D eigenvalue weighted by atomic mass is 9.96. The molecule has 0 saturated carbocycles. The van der Waals surface area contributed by atoms with Crippen molar-refractivity contribution < 1.29 is 9.90 Å². The van der Waals surface area contributed by atoms with Crippen LogP contribution in [-0.4, -0.2) is 34.6 Å². The number of unbranched alkanes of at least 4 members (excludes halogenated alkanes) is 3. The van der Waals surface area contributed by atoms with Gasteiger partial charge in [-0.1, -0.05) is 26.2 Å². The molecule has 0 aromatic heterocycles. The third-order valence-electron chi connectivity index (χ3n) is 2.66. The summed E-state index contributed by atoms with van der Waals surface area (Å²) in [6.45, 7) is 4.96. The molecule has 0 aromatic rings. The first kappa shape index (κ1) is 11.5. The number of nitrogens with zero attached hydrogens (tertiary/aromatic N) is 1. The van der Waals surface area contributed by atoms with Gasteiger partial charge < -0.3 is 10.0 Å². The molecule has 0 aromatic carbocycles. The van der Waals surface area contributed by atoms with Crippen molar-refractivity contribution in [3.8, 4) is 0 Å². The molecule has 0 atom stereocenters. The van der Waals surface area contributed by atoms with E-state index in [1.54, 1.807) is 11.8 Å². The Bertz CT molecular complexity index is 193. The molecule has 3 heteroatoms. The van der Waals surface area contributed by atoms with Gasteiger partial charge in [-0.15, -0.1) is 0 Å². The zero-order chi connectivity index (χ0) is 10.6. The van der Waals surface area contributed by atoms with Crippen LogP contribution >= 0.6 is 0 Å². The normalized spacial score (nSPS) is 19.2. The number of amides is 1.